The van der Waals surface area contributed by atoms with Crippen LogP contribution in [0, 0.1) is 17.8 Å². The molecule has 4 N–H and O–H groups in total. The van der Waals surface area contributed by atoms with Gasteiger partial charge in [-0.05, 0) is 44.4 Å². The van der Waals surface area contributed by atoms with Crippen molar-refractivity contribution in [2.45, 2.75) is 128 Å². The Labute approximate surface area is 177 Å². The van der Waals surface area contributed by atoms with Crippen molar-refractivity contribution in [2.24, 2.45) is 17.8 Å². The second-order valence-corrected chi connectivity index (χ2v) is 9.26. The van der Waals surface area contributed by atoms with Crippen LogP contribution in [-0.4, -0.2) is 44.2 Å². The maximum absolute atomic E-state index is 11.4. The molecule has 1 aliphatic carbocycles. The Balaban J connectivity index is 2.56. The Morgan fingerprint density at radius 2 is 1.62 bits per heavy atom. The fourth-order valence-electron chi connectivity index (χ4n) is 5.29. The highest BCUT2D eigenvalue weighted by Crippen LogP contribution is 2.45. The molecule has 1 aliphatic rings. The fraction of sp³-hybridized carbons (Fsp3) is 0.958. The molecule has 1 fully saturated rings. The number of hydrogen-bond acceptors (Lipinski definition) is 4. The molecular formula is C24H46O5. The molecule has 5 nitrogen and oxygen atoms in total. The summed E-state index contributed by atoms with van der Waals surface area (Å²) in [5.41, 5.74) is -0.912. The average Bonchev–Trinajstić information content (AvgIpc) is 2.97. The minimum Gasteiger partial charge on any atom is -0.481 e. The second-order valence-electron chi connectivity index (χ2n) is 9.26. The normalized spacial score (nSPS) is 27.7. The van der Waals surface area contributed by atoms with E-state index in [1.54, 1.807) is 0 Å². The van der Waals surface area contributed by atoms with E-state index in [1.807, 2.05) is 13.8 Å². The molecule has 0 aliphatic heterocycles. The van der Waals surface area contributed by atoms with Crippen molar-refractivity contribution in [3.8, 4) is 0 Å². The molecule has 0 spiro atoms. The molecule has 172 valence electrons. The molecule has 5 heteroatoms. The lowest BCUT2D eigenvalue weighted by Gasteiger charge is -2.39. The molecule has 0 aromatic carbocycles. The van der Waals surface area contributed by atoms with E-state index in [-0.39, 0.29) is 17.8 Å². The standard InChI is InChI=1S/C24H46O5/c1-4-7-8-9-13-16-24(29,6-3)22-19(20(25)17-21(22)26)15-12-10-11-14-18(5-2)23(27)28/h18-22,25-26,29H,4-17H2,1-3H3,(H,27,28)/t18?,19-,20?,21?,22+,24?/m1/s1. The number of unbranched alkanes of at least 4 members (excludes halogenated alkanes) is 6. The van der Waals surface area contributed by atoms with Crippen LogP contribution in [-0.2, 0) is 4.79 Å². The van der Waals surface area contributed by atoms with Gasteiger partial charge in [0, 0.05) is 5.92 Å². The highest BCUT2D eigenvalue weighted by atomic mass is 16.4. The Kier molecular flexibility index (Phi) is 12.4. The Morgan fingerprint density at radius 1 is 0.966 bits per heavy atom. The van der Waals surface area contributed by atoms with Gasteiger partial charge in [-0.1, -0.05) is 72.1 Å². The quantitative estimate of drug-likeness (QED) is 0.269. The van der Waals surface area contributed by atoms with Gasteiger partial charge >= 0.3 is 5.97 Å². The van der Waals surface area contributed by atoms with Gasteiger partial charge in [0.15, 0.2) is 0 Å². The van der Waals surface area contributed by atoms with E-state index in [2.05, 4.69) is 6.92 Å². The van der Waals surface area contributed by atoms with Crippen molar-refractivity contribution >= 4 is 5.97 Å². The average molecular weight is 415 g/mol. The molecule has 4 unspecified atom stereocenters. The van der Waals surface area contributed by atoms with Crippen LogP contribution in [0.15, 0.2) is 0 Å². The van der Waals surface area contributed by atoms with E-state index in [4.69, 9.17) is 5.11 Å². The van der Waals surface area contributed by atoms with Gasteiger partial charge in [-0.15, -0.1) is 0 Å². The van der Waals surface area contributed by atoms with Gasteiger partial charge in [0.1, 0.15) is 0 Å². The predicted molar refractivity (Wildman–Crippen MR) is 117 cm³/mol. The molecule has 1 saturated carbocycles. The lowest BCUT2D eigenvalue weighted by Crippen LogP contribution is -2.45. The summed E-state index contributed by atoms with van der Waals surface area (Å²) >= 11 is 0. The monoisotopic (exact) mass is 414 g/mol. The number of hydrogen-bond donors (Lipinski definition) is 4. The minimum atomic E-state index is -0.912. The van der Waals surface area contributed by atoms with Crippen LogP contribution in [0.3, 0.4) is 0 Å². The summed E-state index contributed by atoms with van der Waals surface area (Å²) in [6.07, 6.45) is 10.9. The van der Waals surface area contributed by atoms with Crippen LogP contribution in [0.2, 0.25) is 0 Å². The maximum atomic E-state index is 11.4. The molecule has 0 saturated heterocycles. The van der Waals surface area contributed by atoms with Crippen LogP contribution in [0.1, 0.15) is 111 Å². The highest BCUT2D eigenvalue weighted by molar-refractivity contribution is 5.69. The van der Waals surface area contributed by atoms with E-state index in [0.717, 1.165) is 38.5 Å². The van der Waals surface area contributed by atoms with Crippen LogP contribution >= 0.6 is 0 Å². The number of carboxylic acid groups (broad SMARTS) is 1. The first-order chi connectivity index (χ1) is 13.8. The predicted octanol–water partition coefficient (Wildman–Crippen LogP) is 4.91. The minimum absolute atomic E-state index is 0.0768. The first-order valence-corrected chi connectivity index (χ1v) is 12.1. The summed E-state index contributed by atoms with van der Waals surface area (Å²) in [6, 6.07) is 0. The zero-order valence-corrected chi connectivity index (χ0v) is 19.0. The largest absolute Gasteiger partial charge is 0.481 e. The zero-order valence-electron chi connectivity index (χ0n) is 19.0. The Morgan fingerprint density at radius 3 is 2.21 bits per heavy atom. The number of aliphatic hydroxyl groups is 3. The third kappa shape index (κ3) is 8.18. The number of aliphatic carboxylic acids is 1. The summed E-state index contributed by atoms with van der Waals surface area (Å²) in [4.78, 5) is 11.1. The van der Waals surface area contributed by atoms with Crippen LogP contribution in [0.25, 0.3) is 0 Å². The third-order valence-electron chi connectivity index (χ3n) is 7.23. The topological polar surface area (TPSA) is 98.0 Å². The fourth-order valence-corrected chi connectivity index (χ4v) is 5.29. The molecule has 0 aromatic heterocycles. The van der Waals surface area contributed by atoms with Crippen molar-refractivity contribution < 1.29 is 25.2 Å². The summed E-state index contributed by atoms with van der Waals surface area (Å²) in [5, 5.41) is 41.7. The zero-order chi connectivity index (χ0) is 21.9. The molecule has 0 aromatic rings. The van der Waals surface area contributed by atoms with Crippen LogP contribution in [0.5, 0.6) is 0 Å². The summed E-state index contributed by atoms with van der Waals surface area (Å²) < 4.78 is 0. The molecule has 1 rings (SSSR count). The molecule has 0 amide bonds. The van der Waals surface area contributed by atoms with Crippen molar-refractivity contribution in [2.75, 3.05) is 0 Å². The van der Waals surface area contributed by atoms with E-state index in [0.29, 0.717) is 32.1 Å². The van der Waals surface area contributed by atoms with Crippen molar-refractivity contribution in [3.05, 3.63) is 0 Å². The molecule has 6 atom stereocenters. The Hall–Kier alpha value is -0.650. The highest BCUT2D eigenvalue weighted by Gasteiger charge is 2.50. The first kappa shape index (κ1) is 26.4. The summed E-state index contributed by atoms with van der Waals surface area (Å²) in [7, 11) is 0. The number of carbonyl (C=O) groups is 1. The van der Waals surface area contributed by atoms with Crippen molar-refractivity contribution in [1.29, 1.82) is 0 Å². The molecule has 0 bridgehead atoms. The summed E-state index contributed by atoms with van der Waals surface area (Å²) in [6.45, 7) is 6.08. The lowest BCUT2D eigenvalue weighted by molar-refractivity contribution is -0.142. The molecule has 0 heterocycles. The van der Waals surface area contributed by atoms with E-state index < -0.39 is 23.8 Å². The molecule has 29 heavy (non-hydrogen) atoms. The van der Waals surface area contributed by atoms with Crippen LogP contribution < -0.4 is 0 Å². The van der Waals surface area contributed by atoms with Gasteiger partial charge in [-0.2, -0.15) is 0 Å². The van der Waals surface area contributed by atoms with Gasteiger partial charge < -0.3 is 20.4 Å². The molecule has 0 radical (unpaired) electrons. The van der Waals surface area contributed by atoms with Gasteiger partial charge in [0.05, 0.1) is 23.7 Å². The SMILES string of the molecule is CCCCCCCC(O)(CC)[C@@H]1C(O)CC(O)[C@H]1CCCCCC(CC)C(=O)O. The smallest absolute Gasteiger partial charge is 0.306 e. The van der Waals surface area contributed by atoms with E-state index in [9.17, 15) is 20.1 Å². The van der Waals surface area contributed by atoms with E-state index in [1.165, 1.54) is 19.3 Å². The van der Waals surface area contributed by atoms with E-state index >= 15 is 0 Å². The third-order valence-corrected chi connectivity index (χ3v) is 7.23. The van der Waals surface area contributed by atoms with Crippen molar-refractivity contribution in [1.82, 2.24) is 0 Å². The van der Waals surface area contributed by atoms with Crippen LogP contribution in [0.4, 0.5) is 0 Å². The van der Waals surface area contributed by atoms with Gasteiger partial charge in [-0.25, -0.2) is 0 Å². The number of carboxylic acids is 1. The number of rotatable bonds is 16. The Bertz CT molecular complexity index is 455. The van der Waals surface area contributed by atoms with Crippen molar-refractivity contribution in [3.63, 3.8) is 0 Å². The summed E-state index contributed by atoms with van der Waals surface area (Å²) in [5.74, 6) is -1.32. The number of aliphatic hydroxyl groups excluding tert-OH is 2. The first-order valence-electron chi connectivity index (χ1n) is 12.1. The van der Waals surface area contributed by atoms with Gasteiger partial charge in [0.2, 0.25) is 0 Å². The maximum Gasteiger partial charge on any atom is 0.306 e. The second kappa shape index (κ2) is 13.6. The van der Waals surface area contributed by atoms with Gasteiger partial charge in [0.25, 0.3) is 0 Å². The van der Waals surface area contributed by atoms with Gasteiger partial charge in [-0.3, -0.25) is 4.79 Å². The molecular weight excluding hydrogens is 368 g/mol. The lowest BCUT2D eigenvalue weighted by atomic mass is 9.72.